The highest BCUT2D eigenvalue weighted by molar-refractivity contribution is 5.76. The Morgan fingerprint density at radius 1 is 1.50 bits per heavy atom. The molecule has 2 heterocycles. The van der Waals surface area contributed by atoms with Crippen molar-refractivity contribution < 1.29 is 4.79 Å². The van der Waals surface area contributed by atoms with Crippen LogP contribution >= 0.6 is 0 Å². The van der Waals surface area contributed by atoms with Crippen LogP contribution in [0.3, 0.4) is 0 Å². The molecule has 1 unspecified atom stereocenters. The summed E-state index contributed by atoms with van der Waals surface area (Å²) < 4.78 is 0. The Bertz CT molecular complexity index is 453. The number of nitrogens with one attached hydrogen (secondary N) is 1. The lowest BCUT2D eigenvalue weighted by molar-refractivity contribution is -0.122. The molecule has 0 radical (unpaired) electrons. The predicted octanol–water partition coefficient (Wildman–Crippen LogP) is 1.21. The molecule has 1 atom stereocenters. The van der Waals surface area contributed by atoms with Crippen LogP contribution in [0.15, 0.2) is 18.2 Å². The monoisotopic (exact) mass is 276 g/mol. The molecule has 0 bridgehead atoms. The van der Waals surface area contributed by atoms with E-state index in [-0.39, 0.29) is 18.0 Å². The van der Waals surface area contributed by atoms with Gasteiger partial charge in [-0.3, -0.25) is 4.79 Å². The zero-order chi connectivity index (χ0) is 14.5. The Morgan fingerprint density at radius 2 is 2.20 bits per heavy atom. The first-order valence-electron chi connectivity index (χ1n) is 7.28. The first kappa shape index (κ1) is 14.8. The zero-order valence-corrected chi connectivity index (χ0v) is 12.3. The van der Waals surface area contributed by atoms with Gasteiger partial charge >= 0.3 is 0 Å². The quantitative estimate of drug-likeness (QED) is 0.867. The summed E-state index contributed by atoms with van der Waals surface area (Å²) in [5.41, 5.74) is 6.67. The van der Waals surface area contributed by atoms with Crippen LogP contribution in [0, 0.1) is 6.92 Å². The van der Waals surface area contributed by atoms with Crippen molar-refractivity contribution in [2.45, 2.75) is 45.2 Å². The van der Waals surface area contributed by atoms with E-state index < -0.39 is 0 Å². The second kappa shape index (κ2) is 6.70. The lowest BCUT2D eigenvalue weighted by Gasteiger charge is -2.33. The second-order valence-corrected chi connectivity index (χ2v) is 5.65. The van der Waals surface area contributed by atoms with Gasteiger partial charge in [0.25, 0.3) is 0 Å². The van der Waals surface area contributed by atoms with Crippen LogP contribution in [0.1, 0.15) is 31.9 Å². The van der Waals surface area contributed by atoms with E-state index in [2.05, 4.69) is 15.2 Å². The van der Waals surface area contributed by atoms with Gasteiger partial charge in [-0.05, 0) is 38.8 Å². The van der Waals surface area contributed by atoms with Crippen molar-refractivity contribution in [1.82, 2.24) is 10.3 Å². The van der Waals surface area contributed by atoms with Gasteiger partial charge in [-0.25, -0.2) is 4.98 Å². The summed E-state index contributed by atoms with van der Waals surface area (Å²) in [7, 11) is 0. The highest BCUT2D eigenvalue weighted by atomic mass is 16.1. The van der Waals surface area contributed by atoms with E-state index in [1.807, 2.05) is 32.0 Å². The number of rotatable bonds is 4. The van der Waals surface area contributed by atoms with Crippen LogP contribution in [0.4, 0.5) is 5.82 Å². The molecule has 0 aromatic carbocycles. The van der Waals surface area contributed by atoms with Crippen molar-refractivity contribution in [2.24, 2.45) is 5.73 Å². The fraction of sp³-hybridized carbons (Fsp3) is 0.600. The number of hydrogen-bond donors (Lipinski definition) is 2. The standard InChI is InChI=1S/C15H24N4O/c1-11(16)10-15(20)18-13-6-8-19(9-7-13)14-5-3-4-12(2)17-14/h3-5,11,13H,6-10,16H2,1-2H3,(H,18,20). The molecule has 1 aliphatic rings. The maximum atomic E-state index is 11.7. The number of hydrogen-bond acceptors (Lipinski definition) is 4. The number of nitrogens with zero attached hydrogens (tertiary/aromatic N) is 2. The first-order chi connectivity index (χ1) is 9.54. The molecule has 0 aliphatic carbocycles. The number of pyridine rings is 1. The smallest absolute Gasteiger partial charge is 0.221 e. The highest BCUT2D eigenvalue weighted by Crippen LogP contribution is 2.18. The summed E-state index contributed by atoms with van der Waals surface area (Å²) in [5.74, 6) is 1.09. The Morgan fingerprint density at radius 3 is 2.80 bits per heavy atom. The predicted molar refractivity (Wildman–Crippen MR) is 80.6 cm³/mol. The minimum absolute atomic E-state index is 0.0622. The van der Waals surface area contributed by atoms with Crippen LogP contribution in [-0.2, 0) is 4.79 Å². The molecule has 5 heteroatoms. The van der Waals surface area contributed by atoms with Gasteiger partial charge in [-0.2, -0.15) is 0 Å². The summed E-state index contributed by atoms with van der Waals surface area (Å²) in [6.45, 7) is 5.72. The zero-order valence-electron chi connectivity index (χ0n) is 12.3. The van der Waals surface area contributed by atoms with Gasteiger partial charge in [0, 0.05) is 37.3 Å². The third-order valence-electron chi connectivity index (χ3n) is 3.57. The fourth-order valence-electron chi connectivity index (χ4n) is 2.54. The summed E-state index contributed by atoms with van der Waals surface area (Å²) >= 11 is 0. The maximum absolute atomic E-state index is 11.7. The van der Waals surface area contributed by atoms with Crippen LogP contribution in [0.5, 0.6) is 0 Å². The lowest BCUT2D eigenvalue weighted by atomic mass is 10.0. The van der Waals surface area contributed by atoms with Gasteiger partial charge < -0.3 is 16.0 Å². The van der Waals surface area contributed by atoms with Gasteiger partial charge in [0.1, 0.15) is 5.82 Å². The first-order valence-corrected chi connectivity index (χ1v) is 7.28. The van der Waals surface area contributed by atoms with Crippen molar-refractivity contribution in [3.8, 4) is 0 Å². The molecule has 5 nitrogen and oxygen atoms in total. The third kappa shape index (κ3) is 4.20. The summed E-state index contributed by atoms with van der Waals surface area (Å²) in [6.07, 6.45) is 2.32. The molecule has 1 aliphatic heterocycles. The number of amides is 1. The van der Waals surface area contributed by atoms with Crippen molar-refractivity contribution in [1.29, 1.82) is 0 Å². The van der Waals surface area contributed by atoms with Crippen LogP contribution in [-0.4, -0.2) is 36.1 Å². The fourth-order valence-corrected chi connectivity index (χ4v) is 2.54. The Hall–Kier alpha value is -1.62. The van der Waals surface area contributed by atoms with Crippen molar-refractivity contribution in [3.05, 3.63) is 23.9 Å². The van der Waals surface area contributed by atoms with Crippen molar-refractivity contribution in [2.75, 3.05) is 18.0 Å². The average molecular weight is 276 g/mol. The number of nitrogens with two attached hydrogens (primary N) is 1. The molecule has 110 valence electrons. The number of anilines is 1. The molecule has 1 aromatic heterocycles. The van der Waals surface area contributed by atoms with Crippen LogP contribution in [0.25, 0.3) is 0 Å². The van der Waals surface area contributed by atoms with Crippen molar-refractivity contribution >= 4 is 11.7 Å². The minimum atomic E-state index is -0.0772. The number of carbonyl (C=O) groups is 1. The van der Waals surface area contributed by atoms with Crippen molar-refractivity contribution in [3.63, 3.8) is 0 Å². The van der Waals surface area contributed by atoms with E-state index in [1.165, 1.54) is 0 Å². The molecule has 1 saturated heterocycles. The summed E-state index contributed by atoms with van der Waals surface area (Å²) in [5, 5.41) is 3.07. The van der Waals surface area contributed by atoms with E-state index in [1.54, 1.807) is 0 Å². The van der Waals surface area contributed by atoms with E-state index in [0.29, 0.717) is 6.42 Å². The lowest BCUT2D eigenvalue weighted by Crippen LogP contribution is -2.45. The topological polar surface area (TPSA) is 71.2 Å². The molecule has 20 heavy (non-hydrogen) atoms. The normalized spacial score (nSPS) is 17.9. The Labute approximate surface area is 120 Å². The summed E-state index contributed by atoms with van der Waals surface area (Å²) in [4.78, 5) is 18.5. The molecule has 2 rings (SSSR count). The number of carbonyl (C=O) groups excluding carboxylic acids is 1. The molecule has 0 spiro atoms. The van der Waals surface area contributed by atoms with Gasteiger partial charge in [-0.15, -0.1) is 0 Å². The largest absolute Gasteiger partial charge is 0.356 e. The summed E-state index contributed by atoms with van der Waals surface area (Å²) in [6, 6.07) is 6.27. The van der Waals surface area contributed by atoms with E-state index in [0.717, 1.165) is 37.4 Å². The van der Waals surface area contributed by atoms with Crippen LogP contribution < -0.4 is 16.0 Å². The molecular formula is C15H24N4O. The second-order valence-electron chi connectivity index (χ2n) is 5.65. The number of aromatic nitrogens is 1. The van der Waals surface area contributed by atoms with E-state index in [4.69, 9.17) is 5.73 Å². The van der Waals surface area contributed by atoms with Gasteiger partial charge in [0.05, 0.1) is 0 Å². The van der Waals surface area contributed by atoms with E-state index in [9.17, 15) is 4.79 Å². The minimum Gasteiger partial charge on any atom is -0.356 e. The Balaban J connectivity index is 1.82. The Kier molecular flexibility index (Phi) is 4.95. The highest BCUT2D eigenvalue weighted by Gasteiger charge is 2.21. The van der Waals surface area contributed by atoms with Gasteiger partial charge in [-0.1, -0.05) is 6.07 Å². The molecule has 1 fully saturated rings. The number of aryl methyl sites for hydroxylation is 1. The van der Waals surface area contributed by atoms with Gasteiger partial charge in [0.15, 0.2) is 0 Å². The molecule has 3 N–H and O–H groups in total. The molecule has 1 amide bonds. The average Bonchev–Trinajstić information content (AvgIpc) is 2.38. The van der Waals surface area contributed by atoms with Gasteiger partial charge in [0.2, 0.25) is 5.91 Å². The molecular weight excluding hydrogens is 252 g/mol. The van der Waals surface area contributed by atoms with E-state index >= 15 is 0 Å². The third-order valence-corrected chi connectivity index (χ3v) is 3.57. The number of piperidine rings is 1. The molecule has 0 saturated carbocycles. The molecule has 1 aromatic rings. The maximum Gasteiger partial charge on any atom is 0.221 e. The SMILES string of the molecule is Cc1cccc(N2CCC(NC(=O)CC(C)N)CC2)n1. The van der Waals surface area contributed by atoms with Crippen LogP contribution in [0.2, 0.25) is 0 Å².